The van der Waals surface area contributed by atoms with Gasteiger partial charge in [0.15, 0.2) is 0 Å². The lowest BCUT2D eigenvalue weighted by atomic mass is 9.79. The summed E-state index contributed by atoms with van der Waals surface area (Å²) in [7, 11) is 0. The summed E-state index contributed by atoms with van der Waals surface area (Å²) in [5, 5.41) is 24.4. The highest BCUT2D eigenvalue weighted by atomic mass is 32.2. The Bertz CT molecular complexity index is 1160. The maximum atomic E-state index is 13.4. The third kappa shape index (κ3) is 5.45. The van der Waals surface area contributed by atoms with Crippen molar-refractivity contribution in [3.05, 3.63) is 69.3 Å². The van der Waals surface area contributed by atoms with Crippen LogP contribution < -0.4 is 5.32 Å². The van der Waals surface area contributed by atoms with Crippen LogP contribution in [0.2, 0.25) is 0 Å². The minimum Gasteiger partial charge on any atom is -0.511 e. The molecule has 2 aliphatic heterocycles. The van der Waals surface area contributed by atoms with Crippen molar-refractivity contribution in [1.29, 1.82) is 0 Å². The molecule has 0 saturated heterocycles. The van der Waals surface area contributed by atoms with E-state index in [0.29, 0.717) is 12.8 Å². The van der Waals surface area contributed by atoms with Gasteiger partial charge in [-0.1, -0.05) is 70.6 Å². The predicted octanol–water partition coefficient (Wildman–Crippen LogP) is 6.67. The molecule has 0 amide bonds. The maximum absolute atomic E-state index is 13.4. The molecule has 2 aromatic rings. The van der Waals surface area contributed by atoms with E-state index >= 15 is 0 Å². The Balaban J connectivity index is 1.63. The van der Waals surface area contributed by atoms with E-state index < -0.39 is 11.6 Å². The topological polar surface area (TPSA) is 78.8 Å². The highest BCUT2D eigenvalue weighted by Crippen LogP contribution is 2.46. The Kier molecular flexibility index (Phi) is 7.77. The van der Waals surface area contributed by atoms with Gasteiger partial charge in [-0.3, -0.25) is 0 Å². The van der Waals surface area contributed by atoms with E-state index in [2.05, 4.69) is 38.2 Å². The summed E-state index contributed by atoms with van der Waals surface area (Å²) in [4.78, 5) is 14.7. The fourth-order valence-electron chi connectivity index (χ4n) is 5.18. The summed E-state index contributed by atoms with van der Waals surface area (Å²) < 4.78 is 6.17. The zero-order valence-corrected chi connectivity index (χ0v) is 22.9. The molecule has 2 aromatic carbocycles. The Morgan fingerprint density at radius 2 is 1.89 bits per heavy atom. The van der Waals surface area contributed by atoms with Gasteiger partial charge in [-0.2, -0.15) is 0 Å². The molecule has 0 spiro atoms. The van der Waals surface area contributed by atoms with Gasteiger partial charge in [-0.25, -0.2) is 4.79 Å². The average molecular weight is 510 g/mol. The summed E-state index contributed by atoms with van der Waals surface area (Å²) in [5.74, 6) is -0.323. The minimum atomic E-state index is -0.791. The lowest BCUT2D eigenvalue weighted by molar-refractivity contribution is -0.164. The molecule has 2 aliphatic rings. The number of nitrogens with one attached hydrogen (secondary N) is 1. The summed E-state index contributed by atoms with van der Waals surface area (Å²) >= 11 is 1.33. The maximum Gasteiger partial charge on any atom is 0.349 e. The first-order valence-electron chi connectivity index (χ1n) is 13.0. The van der Waals surface area contributed by atoms with Crippen LogP contribution in [0.25, 0.3) is 0 Å². The SMILES string of the molecule is CC(C)C1(CCc2ccccc2CO)CC(O)=C(Sc2cc3c(cc2C(C)(C)C)NCCC3)C(=O)O1. The van der Waals surface area contributed by atoms with Gasteiger partial charge in [0, 0.05) is 23.5 Å². The quantitative estimate of drug-likeness (QED) is 0.362. The predicted molar refractivity (Wildman–Crippen MR) is 146 cm³/mol. The van der Waals surface area contributed by atoms with Gasteiger partial charge < -0.3 is 20.3 Å². The summed E-state index contributed by atoms with van der Waals surface area (Å²) in [5.41, 5.74) is 4.58. The van der Waals surface area contributed by atoms with Crippen LogP contribution in [0.3, 0.4) is 0 Å². The molecule has 1 atom stereocenters. The van der Waals surface area contributed by atoms with Crippen LogP contribution in [-0.4, -0.2) is 28.3 Å². The molecular weight excluding hydrogens is 470 g/mol. The van der Waals surface area contributed by atoms with Crippen LogP contribution in [0.4, 0.5) is 5.69 Å². The number of aliphatic hydroxyl groups is 2. The summed E-state index contributed by atoms with van der Waals surface area (Å²) in [6.07, 6.45) is 3.61. The molecule has 4 rings (SSSR count). The molecule has 0 saturated carbocycles. The number of carbonyl (C=O) groups excluding carboxylic acids is 1. The van der Waals surface area contributed by atoms with Crippen molar-refractivity contribution < 1.29 is 19.7 Å². The number of esters is 1. The first kappa shape index (κ1) is 26.6. The van der Waals surface area contributed by atoms with Crippen LogP contribution >= 0.6 is 11.8 Å². The number of fused-ring (bicyclic) bond motifs is 1. The van der Waals surface area contributed by atoms with Crippen molar-refractivity contribution >= 4 is 23.4 Å². The second kappa shape index (κ2) is 10.5. The number of benzene rings is 2. The smallest absolute Gasteiger partial charge is 0.349 e. The molecule has 0 radical (unpaired) electrons. The van der Waals surface area contributed by atoms with Crippen LogP contribution in [0.5, 0.6) is 0 Å². The van der Waals surface area contributed by atoms with Crippen molar-refractivity contribution in [1.82, 2.24) is 0 Å². The average Bonchev–Trinajstić information content (AvgIpc) is 2.84. The molecule has 2 heterocycles. The lowest BCUT2D eigenvalue weighted by Gasteiger charge is -2.40. The third-order valence-electron chi connectivity index (χ3n) is 7.53. The normalized spacial score (nSPS) is 20.2. The van der Waals surface area contributed by atoms with Crippen LogP contribution in [0.1, 0.15) is 76.1 Å². The van der Waals surface area contributed by atoms with E-state index in [1.165, 1.54) is 23.0 Å². The molecular formula is C30H39NO4S. The van der Waals surface area contributed by atoms with Crippen molar-refractivity contribution in [3.8, 4) is 0 Å². The zero-order valence-electron chi connectivity index (χ0n) is 22.1. The molecule has 3 N–H and O–H groups in total. The van der Waals surface area contributed by atoms with Gasteiger partial charge in [0.25, 0.3) is 0 Å². The fourth-order valence-corrected chi connectivity index (χ4v) is 6.39. The van der Waals surface area contributed by atoms with E-state index in [1.54, 1.807) is 0 Å². The van der Waals surface area contributed by atoms with Crippen molar-refractivity contribution in [2.45, 2.75) is 89.2 Å². The second-order valence-corrected chi connectivity index (χ2v) is 12.4. The Labute approximate surface area is 219 Å². The first-order chi connectivity index (χ1) is 17.0. The molecule has 1 unspecified atom stereocenters. The van der Waals surface area contributed by atoms with Crippen LogP contribution in [0.15, 0.2) is 52.0 Å². The van der Waals surface area contributed by atoms with Crippen LogP contribution in [-0.2, 0) is 34.4 Å². The van der Waals surface area contributed by atoms with Gasteiger partial charge in [0.2, 0.25) is 0 Å². The second-order valence-electron chi connectivity index (χ2n) is 11.4. The number of anilines is 1. The third-order valence-corrected chi connectivity index (χ3v) is 8.70. The number of cyclic esters (lactones) is 1. The number of aliphatic hydroxyl groups excluding tert-OH is 2. The van der Waals surface area contributed by atoms with Gasteiger partial charge in [-0.15, -0.1) is 0 Å². The van der Waals surface area contributed by atoms with Crippen molar-refractivity contribution in [2.75, 3.05) is 11.9 Å². The standard InChI is InChI=1S/C30H39NO4S/c1-19(2)30(13-12-20-9-6-7-10-22(20)18-32)17-25(33)27(28(34)35-30)36-26-15-21-11-8-14-31-24(21)16-23(26)29(3,4)5/h6-7,9-10,15-16,19,31-33H,8,11-14,17-18H2,1-5H3. The molecule has 6 heteroatoms. The van der Waals surface area contributed by atoms with Crippen molar-refractivity contribution in [3.63, 3.8) is 0 Å². The molecule has 5 nitrogen and oxygen atoms in total. The Hall–Kier alpha value is -2.44. The molecule has 36 heavy (non-hydrogen) atoms. The van der Waals surface area contributed by atoms with Gasteiger partial charge in [0.1, 0.15) is 16.3 Å². The molecule has 0 aliphatic carbocycles. The number of aryl methyl sites for hydroxylation is 2. The fraction of sp³-hybridized carbons (Fsp3) is 0.500. The van der Waals surface area contributed by atoms with Gasteiger partial charge in [-0.05, 0) is 71.4 Å². The van der Waals surface area contributed by atoms with E-state index in [1.807, 2.05) is 38.1 Å². The molecule has 194 valence electrons. The van der Waals surface area contributed by atoms with E-state index in [4.69, 9.17) is 4.74 Å². The van der Waals surface area contributed by atoms with Gasteiger partial charge in [0.05, 0.1) is 6.61 Å². The summed E-state index contributed by atoms with van der Waals surface area (Å²) in [6.45, 7) is 11.5. The largest absolute Gasteiger partial charge is 0.511 e. The highest BCUT2D eigenvalue weighted by Gasteiger charge is 2.44. The number of ether oxygens (including phenoxy) is 1. The first-order valence-corrected chi connectivity index (χ1v) is 13.8. The Morgan fingerprint density at radius 1 is 1.17 bits per heavy atom. The zero-order chi connectivity index (χ0) is 26.1. The number of rotatable bonds is 7. The van der Waals surface area contributed by atoms with Crippen LogP contribution in [0, 0.1) is 5.92 Å². The van der Waals surface area contributed by atoms with E-state index in [-0.39, 0.29) is 35.0 Å². The van der Waals surface area contributed by atoms with E-state index in [0.717, 1.165) is 41.0 Å². The number of carbonyl (C=O) groups is 1. The highest BCUT2D eigenvalue weighted by molar-refractivity contribution is 8.04. The lowest BCUT2D eigenvalue weighted by Crippen LogP contribution is -2.44. The number of hydrogen-bond acceptors (Lipinski definition) is 6. The van der Waals surface area contributed by atoms with Gasteiger partial charge >= 0.3 is 5.97 Å². The molecule has 0 fully saturated rings. The van der Waals surface area contributed by atoms with E-state index in [9.17, 15) is 15.0 Å². The van der Waals surface area contributed by atoms with Crippen molar-refractivity contribution in [2.24, 2.45) is 5.92 Å². The minimum absolute atomic E-state index is 0.0244. The Morgan fingerprint density at radius 3 is 2.53 bits per heavy atom. The summed E-state index contributed by atoms with van der Waals surface area (Å²) in [6, 6.07) is 12.2. The number of hydrogen-bond donors (Lipinski definition) is 3. The molecule has 0 aromatic heterocycles. The molecule has 0 bridgehead atoms. The monoisotopic (exact) mass is 509 g/mol. The number of thioether (sulfide) groups is 1.